The molecule has 0 unspecified atom stereocenters. The van der Waals surface area contributed by atoms with E-state index >= 15 is 0 Å². The van der Waals surface area contributed by atoms with E-state index in [1.807, 2.05) is 49.3 Å². The van der Waals surface area contributed by atoms with E-state index < -0.39 is 0 Å². The molecule has 0 aromatic heterocycles. The van der Waals surface area contributed by atoms with Gasteiger partial charge in [0.1, 0.15) is 0 Å². The summed E-state index contributed by atoms with van der Waals surface area (Å²) in [5.74, 6) is 0.131. The van der Waals surface area contributed by atoms with Gasteiger partial charge in [-0.3, -0.25) is 4.79 Å². The summed E-state index contributed by atoms with van der Waals surface area (Å²) in [6, 6.07) is 16.3. The second-order valence-electron chi connectivity index (χ2n) is 6.88. The normalized spacial score (nSPS) is 13.2. The first kappa shape index (κ1) is 17.5. The highest BCUT2D eigenvalue weighted by molar-refractivity contribution is 5.97. The molecule has 3 rings (SSSR count). The first-order chi connectivity index (χ1) is 12.1. The highest BCUT2D eigenvalue weighted by atomic mass is 16.2. The number of amides is 1. The van der Waals surface area contributed by atoms with E-state index in [1.165, 1.54) is 5.56 Å². The minimum Gasteiger partial charge on any atom is -0.385 e. The van der Waals surface area contributed by atoms with Gasteiger partial charge in [-0.25, -0.2) is 0 Å². The van der Waals surface area contributed by atoms with E-state index in [1.54, 1.807) is 0 Å². The molecule has 0 aliphatic carbocycles. The summed E-state index contributed by atoms with van der Waals surface area (Å²) in [5.41, 5.74) is 4.29. The molecule has 4 nitrogen and oxygen atoms in total. The Morgan fingerprint density at radius 1 is 1.04 bits per heavy atom. The van der Waals surface area contributed by atoms with Crippen LogP contribution >= 0.6 is 0 Å². The zero-order chi connectivity index (χ0) is 17.6. The number of anilines is 1. The van der Waals surface area contributed by atoms with Gasteiger partial charge >= 0.3 is 0 Å². The summed E-state index contributed by atoms with van der Waals surface area (Å²) in [6.45, 7) is 3.20. The quantitative estimate of drug-likeness (QED) is 0.879. The van der Waals surface area contributed by atoms with E-state index in [0.717, 1.165) is 49.3 Å². The van der Waals surface area contributed by atoms with Gasteiger partial charge in [-0.1, -0.05) is 36.4 Å². The Morgan fingerprint density at radius 3 is 2.60 bits per heavy atom. The number of carbonyl (C=O) groups excluding carboxylic acids is 1. The Kier molecular flexibility index (Phi) is 5.71. The molecule has 25 heavy (non-hydrogen) atoms. The van der Waals surface area contributed by atoms with Crippen molar-refractivity contribution in [3.05, 3.63) is 65.2 Å². The number of rotatable bonds is 6. The number of carbonyl (C=O) groups is 1. The third kappa shape index (κ3) is 4.40. The van der Waals surface area contributed by atoms with E-state index in [4.69, 9.17) is 0 Å². The van der Waals surface area contributed by atoms with Gasteiger partial charge in [0.25, 0.3) is 5.91 Å². The Balaban J connectivity index is 1.86. The Labute approximate surface area is 150 Å². The van der Waals surface area contributed by atoms with Crippen molar-refractivity contribution in [1.29, 1.82) is 0 Å². The highest BCUT2D eigenvalue weighted by Gasteiger charge is 2.22. The fourth-order valence-corrected chi connectivity index (χ4v) is 3.26. The van der Waals surface area contributed by atoms with Crippen LogP contribution in [0.3, 0.4) is 0 Å². The van der Waals surface area contributed by atoms with Crippen molar-refractivity contribution in [2.24, 2.45) is 0 Å². The number of likely N-dealkylation sites (N-methyl/N-ethyl adjacent to an activating group) is 1. The largest absolute Gasteiger partial charge is 0.385 e. The lowest BCUT2D eigenvalue weighted by Gasteiger charge is -2.27. The molecule has 0 fully saturated rings. The zero-order valence-corrected chi connectivity index (χ0v) is 15.2. The minimum absolute atomic E-state index is 0.131. The summed E-state index contributed by atoms with van der Waals surface area (Å²) in [5, 5.41) is 3.42. The molecule has 4 heteroatoms. The SMILES string of the molecule is CN(C)CCN(Cc1ccccc1)C(=O)c1cccc2c1CCCN2. The fourth-order valence-electron chi connectivity index (χ4n) is 3.26. The Morgan fingerprint density at radius 2 is 1.84 bits per heavy atom. The van der Waals surface area contributed by atoms with Crippen LogP contribution in [0.5, 0.6) is 0 Å². The van der Waals surface area contributed by atoms with Gasteiger partial charge in [-0.15, -0.1) is 0 Å². The molecule has 0 saturated heterocycles. The smallest absolute Gasteiger partial charge is 0.254 e. The molecule has 1 aliphatic heterocycles. The van der Waals surface area contributed by atoms with Gasteiger partial charge in [0, 0.05) is 37.4 Å². The molecule has 0 radical (unpaired) electrons. The molecular formula is C21H27N3O. The monoisotopic (exact) mass is 337 g/mol. The average molecular weight is 337 g/mol. The number of nitrogens with one attached hydrogen (secondary N) is 1. The topological polar surface area (TPSA) is 35.6 Å². The summed E-state index contributed by atoms with van der Waals surface area (Å²) >= 11 is 0. The van der Waals surface area contributed by atoms with Gasteiger partial charge in [0.05, 0.1) is 0 Å². The molecule has 132 valence electrons. The van der Waals surface area contributed by atoms with Crippen LogP contribution in [0.1, 0.15) is 27.9 Å². The summed E-state index contributed by atoms with van der Waals surface area (Å²) in [6.07, 6.45) is 2.05. The summed E-state index contributed by atoms with van der Waals surface area (Å²) in [4.78, 5) is 17.4. The minimum atomic E-state index is 0.131. The van der Waals surface area contributed by atoms with Gasteiger partial charge in [0.2, 0.25) is 0 Å². The van der Waals surface area contributed by atoms with Crippen molar-refractivity contribution >= 4 is 11.6 Å². The second-order valence-corrected chi connectivity index (χ2v) is 6.88. The number of fused-ring (bicyclic) bond motifs is 1. The predicted molar refractivity (Wildman–Crippen MR) is 103 cm³/mol. The van der Waals surface area contributed by atoms with Gasteiger partial charge in [-0.2, -0.15) is 0 Å². The van der Waals surface area contributed by atoms with Crippen LogP contribution in [0.25, 0.3) is 0 Å². The van der Waals surface area contributed by atoms with Crippen LogP contribution < -0.4 is 5.32 Å². The first-order valence-electron chi connectivity index (χ1n) is 8.99. The lowest BCUT2D eigenvalue weighted by atomic mass is 9.96. The third-order valence-corrected chi connectivity index (χ3v) is 4.65. The second kappa shape index (κ2) is 8.17. The van der Waals surface area contributed by atoms with Crippen LogP contribution in [0.2, 0.25) is 0 Å². The number of hydrogen-bond acceptors (Lipinski definition) is 3. The van der Waals surface area contributed by atoms with E-state index in [0.29, 0.717) is 6.54 Å². The van der Waals surface area contributed by atoms with Crippen LogP contribution in [0.15, 0.2) is 48.5 Å². The van der Waals surface area contributed by atoms with Crippen molar-refractivity contribution in [2.45, 2.75) is 19.4 Å². The lowest BCUT2D eigenvalue weighted by molar-refractivity contribution is 0.0731. The molecule has 1 heterocycles. The van der Waals surface area contributed by atoms with E-state index in [9.17, 15) is 4.79 Å². The highest BCUT2D eigenvalue weighted by Crippen LogP contribution is 2.26. The predicted octanol–water partition coefficient (Wildman–Crippen LogP) is 3.25. The van der Waals surface area contributed by atoms with E-state index in [2.05, 4.69) is 28.4 Å². The van der Waals surface area contributed by atoms with Crippen LogP contribution in [-0.4, -0.2) is 49.4 Å². The number of nitrogens with zero attached hydrogens (tertiary/aromatic N) is 2. The molecule has 2 aromatic carbocycles. The molecule has 1 aliphatic rings. The summed E-state index contributed by atoms with van der Waals surface area (Å²) < 4.78 is 0. The fraction of sp³-hybridized carbons (Fsp3) is 0.381. The van der Waals surface area contributed by atoms with Crippen molar-refractivity contribution in [3.8, 4) is 0 Å². The van der Waals surface area contributed by atoms with Crippen molar-refractivity contribution < 1.29 is 4.79 Å². The van der Waals surface area contributed by atoms with Gasteiger partial charge in [-0.05, 0) is 50.2 Å². The third-order valence-electron chi connectivity index (χ3n) is 4.65. The van der Waals surface area contributed by atoms with Gasteiger partial charge in [0.15, 0.2) is 0 Å². The van der Waals surface area contributed by atoms with Crippen LogP contribution in [-0.2, 0) is 13.0 Å². The number of hydrogen-bond donors (Lipinski definition) is 1. The Bertz CT molecular complexity index is 712. The first-order valence-corrected chi connectivity index (χ1v) is 8.99. The maximum absolute atomic E-state index is 13.3. The summed E-state index contributed by atoms with van der Waals surface area (Å²) in [7, 11) is 4.08. The molecular weight excluding hydrogens is 310 g/mol. The number of benzene rings is 2. The molecule has 0 spiro atoms. The van der Waals surface area contributed by atoms with Crippen LogP contribution in [0.4, 0.5) is 5.69 Å². The molecule has 1 amide bonds. The maximum atomic E-state index is 13.3. The maximum Gasteiger partial charge on any atom is 0.254 e. The molecule has 0 atom stereocenters. The Hall–Kier alpha value is -2.33. The van der Waals surface area contributed by atoms with Crippen LogP contribution in [0, 0.1) is 0 Å². The van der Waals surface area contributed by atoms with E-state index in [-0.39, 0.29) is 5.91 Å². The van der Waals surface area contributed by atoms with Crippen molar-refractivity contribution in [2.75, 3.05) is 39.0 Å². The molecule has 2 aromatic rings. The zero-order valence-electron chi connectivity index (χ0n) is 15.2. The standard InChI is InChI=1S/C21H27N3O/c1-23(2)14-15-24(16-17-8-4-3-5-9-17)21(25)19-10-6-12-20-18(19)11-7-13-22-20/h3-6,8-10,12,22H,7,11,13-16H2,1-2H3. The van der Waals surface area contributed by atoms with Crippen molar-refractivity contribution in [1.82, 2.24) is 9.80 Å². The average Bonchev–Trinajstić information content (AvgIpc) is 2.65. The molecule has 1 N–H and O–H groups in total. The molecule has 0 bridgehead atoms. The van der Waals surface area contributed by atoms with Gasteiger partial charge < -0.3 is 15.1 Å². The van der Waals surface area contributed by atoms with Crippen molar-refractivity contribution in [3.63, 3.8) is 0 Å². The lowest BCUT2D eigenvalue weighted by Crippen LogP contribution is -2.37. The molecule has 0 saturated carbocycles.